The van der Waals surface area contributed by atoms with Crippen molar-refractivity contribution in [3.05, 3.63) is 143 Å². The molecule has 0 spiro atoms. The summed E-state index contributed by atoms with van der Waals surface area (Å²) in [4.78, 5) is 17.5. The van der Waals surface area contributed by atoms with Gasteiger partial charge in [0.05, 0.1) is 18.3 Å². The molecule has 1 amide bonds. The highest BCUT2D eigenvalue weighted by atomic mass is 19.2. The monoisotopic (exact) mass is 690 g/mol. The summed E-state index contributed by atoms with van der Waals surface area (Å²) >= 11 is 0. The normalized spacial score (nSPS) is 19.1. The molecule has 0 aromatic heterocycles. The summed E-state index contributed by atoms with van der Waals surface area (Å²) in [5.41, 5.74) is 5.68. The van der Waals surface area contributed by atoms with Crippen molar-refractivity contribution in [2.75, 3.05) is 20.2 Å². The summed E-state index contributed by atoms with van der Waals surface area (Å²) in [6.45, 7) is 22.8. The predicted molar refractivity (Wildman–Crippen MR) is 205 cm³/mol. The van der Waals surface area contributed by atoms with Gasteiger partial charge in [0.25, 0.3) is 5.91 Å². The smallest absolute Gasteiger partial charge is 0.250 e. The molecular formula is C40H56F2N6O2. The fourth-order valence-electron chi connectivity index (χ4n) is 4.50. The van der Waals surface area contributed by atoms with Crippen LogP contribution in [-0.4, -0.2) is 44.6 Å². The van der Waals surface area contributed by atoms with Crippen molar-refractivity contribution in [1.82, 2.24) is 26.6 Å². The van der Waals surface area contributed by atoms with Crippen molar-refractivity contribution in [3.8, 4) is 0 Å². The molecule has 3 rings (SSSR count). The first-order valence-corrected chi connectivity index (χ1v) is 17.1. The number of benzene rings is 1. The van der Waals surface area contributed by atoms with Crippen LogP contribution in [0, 0.1) is 11.6 Å². The lowest BCUT2D eigenvalue weighted by molar-refractivity contribution is -0.118. The van der Waals surface area contributed by atoms with E-state index in [9.17, 15) is 13.6 Å². The topological polar surface area (TPSA) is 98.8 Å². The zero-order valence-electron chi connectivity index (χ0n) is 30.9. The highest BCUT2D eigenvalue weighted by Crippen LogP contribution is 2.21. The molecule has 1 atom stereocenters. The second-order valence-electron chi connectivity index (χ2n) is 10.9. The number of ether oxygens (including phenoxy) is 1. The number of carbonyl (C=O) groups excluding carboxylic acids is 1. The number of likely N-dealkylation sites (N-methyl/N-ethyl adjacent to an activating group) is 1. The highest BCUT2D eigenvalue weighted by Gasteiger charge is 2.21. The number of amides is 1. The Balaban J connectivity index is 0.00000301. The molecule has 2 aliphatic heterocycles. The lowest BCUT2D eigenvalue weighted by Gasteiger charge is -2.24. The average Bonchev–Trinajstić information content (AvgIpc) is 3.21. The van der Waals surface area contributed by atoms with Gasteiger partial charge < -0.3 is 26.0 Å². The van der Waals surface area contributed by atoms with Gasteiger partial charge in [-0.05, 0) is 80.5 Å². The van der Waals surface area contributed by atoms with Crippen molar-refractivity contribution in [2.45, 2.75) is 73.7 Å². The number of carbonyl (C=O) groups is 1. The molecule has 5 N–H and O–H groups in total. The Labute approximate surface area is 298 Å². The zero-order chi connectivity index (χ0) is 37.5. The van der Waals surface area contributed by atoms with E-state index in [0.717, 1.165) is 40.1 Å². The molecule has 0 fully saturated rings. The van der Waals surface area contributed by atoms with E-state index in [1.54, 1.807) is 30.6 Å². The maximum absolute atomic E-state index is 13.6. The number of rotatable bonds is 14. The third-order valence-electron chi connectivity index (χ3n) is 6.91. The van der Waals surface area contributed by atoms with Gasteiger partial charge in [0.15, 0.2) is 11.6 Å². The largest absolute Gasteiger partial charge is 0.388 e. The van der Waals surface area contributed by atoms with Gasteiger partial charge in [-0.15, -0.1) is 0 Å². The van der Waals surface area contributed by atoms with Crippen molar-refractivity contribution in [1.29, 1.82) is 0 Å². The molecule has 0 saturated heterocycles. The summed E-state index contributed by atoms with van der Waals surface area (Å²) < 4.78 is 32.7. The van der Waals surface area contributed by atoms with Gasteiger partial charge in [-0.25, -0.2) is 13.8 Å². The lowest BCUT2D eigenvalue weighted by atomic mass is 9.98. The number of nitrogens with zero attached hydrogens (tertiary/aromatic N) is 1. The Morgan fingerprint density at radius 3 is 2.58 bits per heavy atom. The SMILES string of the molecule is C=C/C=C(NC)/C1=C/CC(/C(/C=C(\C)CNC2NC=CC=C2C(=O)NCc2ccc(F)c(F)c2)=C/COC(C)C)=C\NC(=C)/N=C\1.CC.CC. The fraction of sp³-hybridized carbons (Fsp3) is 0.350. The molecular weight excluding hydrogens is 634 g/mol. The molecule has 272 valence electrons. The average molecular weight is 691 g/mol. The number of dihydropyridines is 1. The fourth-order valence-corrected chi connectivity index (χ4v) is 4.50. The van der Waals surface area contributed by atoms with Crippen molar-refractivity contribution >= 4 is 12.1 Å². The summed E-state index contributed by atoms with van der Waals surface area (Å²) in [7, 11) is 1.85. The molecule has 1 aromatic rings. The first kappa shape index (κ1) is 43.2. The molecule has 0 bridgehead atoms. The van der Waals surface area contributed by atoms with Gasteiger partial charge in [0.2, 0.25) is 0 Å². The number of hydrogen-bond donors (Lipinski definition) is 5. The van der Waals surface area contributed by atoms with E-state index in [1.165, 1.54) is 6.07 Å². The maximum atomic E-state index is 13.6. The van der Waals surface area contributed by atoms with Crippen molar-refractivity contribution in [3.63, 3.8) is 0 Å². The first-order chi connectivity index (χ1) is 24.1. The third-order valence-corrected chi connectivity index (χ3v) is 6.91. The summed E-state index contributed by atoms with van der Waals surface area (Å²) in [6.07, 6.45) is 18.9. The minimum atomic E-state index is -0.956. The third kappa shape index (κ3) is 15.2. The van der Waals surface area contributed by atoms with E-state index in [0.29, 0.717) is 36.5 Å². The molecule has 0 aliphatic carbocycles. The number of aliphatic imine (C=N–C) groups is 1. The Morgan fingerprint density at radius 2 is 1.92 bits per heavy atom. The summed E-state index contributed by atoms with van der Waals surface area (Å²) in [5, 5.41) is 15.7. The van der Waals surface area contributed by atoms with Crippen molar-refractivity contribution < 1.29 is 18.3 Å². The van der Waals surface area contributed by atoms with Crippen LogP contribution >= 0.6 is 0 Å². The van der Waals surface area contributed by atoms with Gasteiger partial charge in [-0.2, -0.15) is 0 Å². The van der Waals surface area contributed by atoms with Crippen LogP contribution < -0.4 is 26.6 Å². The number of hydrogen-bond acceptors (Lipinski definition) is 7. The maximum Gasteiger partial charge on any atom is 0.250 e. The summed E-state index contributed by atoms with van der Waals surface area (Å²) in [5.74, 6) is -1.72. The van der Waals surface area contributed by atoms with Crippen LogP contribution in [0.3, 0.4) is 0 Å². The van der Waals surface area contributed by atoms with Gasteiger partial charge in [0.1, 0.15) is 12.0 Å². The summed E-state index contributed by atoms with van der Waals surface area (Å²) in [6, 6.07) is 3.55. The van der Waals surface area contributed by atoms with Crippen LogP contribution in [0.5, 0.6) is 0 Å². The molecule has 2 heterocycles. The van der Waals surface area contributed by atoms with Crippen LogP contribution in [0.1, 0.15) is 60.5 Å². The highest BCUT2D eigenvalue weighted by molar-refractivity contribution is 5.95. The van der Waals surface area contributed by atoms with Crippen LogP contribution in [-0.2, 0) is 16.1 Å². The second kappa shape index (κ2) is 24.4. The Kier molecular flexibility index (Phi) is 21.1. The standard InChI is InChI=1S/C36H44F2N6O2.2C2H6/c1-7-9-34(39-6)30-13-12-29(22-41-26(5)42-23-30)28(15-17-46-24(2)3)18-25(4)20-43-35-31(10-8-16-40-35)36(45)44-21-27-11-14-32(37)33(38)19-27;2*1-2/h7-11,13-16,18-19,22-24,35,39-41,43H,1,5,12,17,20-21H2,2-4,6H3,(H,44,45);2*1-2H3/b25-18+,28-15+,29-22+,30-13+,34-9-,42-23-;;. The molecule has 2 aliphatic rings. The van der Waals surface area contributed by atoms with Gasteiger partial charge in [0, 0.05) is 43.8 Å². The number of allylic oxidation sites excluding steroid dienone is 9. The van der Waals surface area contributed by atoms with Crippen molar-refractivity contribution in [2.24, 2.45) is 4.99 Å². The zero-order valence-corrected chi connectivity index (χ0v) is 30.9. The minimum Gasteiger partial charge on any atom is -0.388 e. The van der Waals surface area contributed by atoms with Gasteiger partial charge >= 0.3 is 0 Å². The van der Waals surface area contributed by atoms with Crippen LogP contribution in [0.4, 0.5) is 8.78 Å². The van der Waals surface area contributed by atoms with E-state index >= 15 is 0 Å². The van der Waals surface area contributed by atoms with E-state index in [4.69, 9.17) is 4.74 Å². The lowest BCUT2D eigenvalue weighted by Crippen LogP contribution is -2.47. The predicted octanol–water partition coefficient (Wildman–Crippen LogP) is 7.53. The molecule has 1 unspecified atom stereocenters. The Bertz CT molecular complexity index is 1530. The van der Waals surface area contributed by atoms with Crippen LogP contribution in [0.2, 0.25) is 0 Å². The molecule has 50 heavy (non-hydrogen) atoms. The van der Waals surface area contributed by atoms with E-state index in [2.05, 4.69) is 56.9 Å². The molecule has 0 radical (unpaired) electrons. The number of nitrogens with one attached hydrogen (secondary N) is 5. The first-order valence-electron chi connectivity index (χ1n) is 17.1. The minimum absolute atomic E-state index is 0.0608. The van der Waals surface area contributed by atoms with Gasteiger partial charge in [-0.3, -0.25) is 10.1 Å². The van der Waals surface area contributed by atoms with Crippen LogP contribution in [0.15, 0.2) is 131 Å². The molecule has 1 aromatic carbocycles. The quantitative estimate of drug-likeness (QED) is 0.130. The van der Waals surface area contributed by atoms with Crippen LogP contribution in [0.25, 0.3) is 0 Å². The van der Waals surface area contributed by atoms with E-state index < -0.39 is 17.8 Å². The number of halogens is 2. The molecule has 0 saturated carbocycles. The Hall–Kier alpha value is -4.80. The van der Waals surface area contributed by atoms with Gasteiger partial charge in [-0.1, -0.05) is 76.8 Å². The van der Waals surface area contributed by atoms with E-state index in [1.807, 2.05) is 73.9 Å². The second-order valence-corrected chi connectivity index (χ2v) is 10.9. The molecule has 8 nitrogen and oxygen atoms in total. The Morgan fingerprint density at radius 1 is 1.18 bits per heavy atom. The van der Waals surface area contributed by atoms with E-state index in [-0.39, 0.29) is 18.6 Å². The molecule has 10 heteroatoms.